The van der Waals surface area contributed by atoms with Gasteiger partial charge in [0, 0.05) is 45.4 Å². The van der Waals surface area contributed by atoms with Gasteiger partial charge in [-0.25, -0.2) is 0 Å². The number of rotatable bonds is 3. The van der Waals surface area contributed by atoms with Crippen LogP contribution in [0.25, 0.3) is 0 Å². The van der Waals surface area contributed by atoms with Gasteiger partial charge in [0.25, 0.3) is 0 Å². The van der Waals surface area contributed by atoms with Crippen LogP contribution in [0.4, 0.5) is 0 Å². The molecule has 4 heteroatoms. The first-order valence-electron chi connectivity index (χ1n) is 7.46. The van der Waals surface area contributed by atoms with Crippen molar-refractivity contribution in [3.8, 4) is 0 Å². The molecule has 104 valence electrons. The summed E-state index contributed by atoms with van der Waals surface area (Å²) in [5, 5.41) is 0. The maximum atomic E-state index is 5.52. The standard InChI is InChI=1S/C14H26N2OS/c18-12-14(3-8-17-9-4-14)11-15-6-7-16-5-1-2-13(16)10-15/h13,18H,1-12H2. The first-order valence-corrected chi connectivity index (χ1v) is 8.10. The molecule has 3 heterocycles. The zero-order valence-corrected chi connectivity index (χ0v) is 12.2. The minimum absolute atomic E-state index is 0.419. The van der Waals surface area contributed by atoms with Gasteiger partial charge in [-0.3, -0.25) is 9.80 Å². The molecule has 0 radical (unpaired) electrons. The summed E-state index contributed by atoms with van der Waals surface area (Å²) in [7, 11) is 0. The van der Waals surface area contributed by atoms with Gasteiger partial charge in [0.1, 0.15) is 0 Å². The van der Waals surface area contributed by atoms with Gasteiger partial charge < -0.3 is 4.74 Å². The Bertz CT molecular complexity index is 281. The van der Waals surface area contributed by atoms with Crippen molar-refractivity contribution in [2.24, 2.45) is 5.41 Å². The number of hydrogen-bond acceptors (Lipinski definition) is 4. The lowest BCUT2D eigenvalue weighted by Gasteiger charge is -2.44. The van der Waals surface area contributed by atoms with Crippen LogP contribution in [0.3, 0.4) is 0 Å². The third kappa shape index (κ3) is 2.72. The van der Waals surface area contributed by atoms with E-state index in [9.17, 15) is 0 Å². The van der Waals surface area contributed by atoms with Crippen molar-refractivity contribution in [1.82, 2.24) is 9.80 Å². The molecule has 0 aromatic rings. The maximum absolute atomic E-state index is 5.52. The van der Waals surface area contributed by atoms with Crippen molar-refractivity contribution >= 4 is 12.6 Å². The molecular weight excluding hydrogens is 244 g/mol. The Morgan fingerprint density at radius 2 is 2.00 bits per heavy atom. The fourth-order valence-corrected chi connectivity index (χ4v) is 4.26. The SMILES string of the molecule is SCC1(CN2CCN3CCCC3C2)CCOCC1. The average Bonchev–Trinajstić information content (AvgIpc) is 2.87. The van der Waals surface area contributed by atoms with Gasteiger partial charge >= 0.3 is 0 Å². The lowest BCUT2D eigenvalue weighted by molar-refractivity contribution is -0.00545. The van der Waals surface area contributed by atoms with Crippen LogP contribution in [0, 0.1) is 5.41 Å². The van der Waals surface area contributed by atoms with Gasteiger partial charge in [-0.2, -0.15) is 12.6 Å². The van der Waals surface area contributed by atoms with E-state index in [0.29, 0.717) is 5.41 Å². The molecular formula is C14H26N2OS. The van der Waals surface area contributed by atoms with Crippen LogP contribution >= 0.6 is 12.6 Å². The summed E-state index contributed by atoms with van der Waals surface area (Å²) in [5.41, 5.74) is 0.419. The van der Waals surface area contributed by atoms with E-state index < -0.39 is 0 Å². The number of thiol groups is 1. The maximum Gasteiger partial charge on any atom is 0.0472 e. The van der Waals surface area contributed by atoms with Gasteiger partial charge in [-0.05, 0) is 43.4 Å². The summed E-state index contributed by atoms with van der Waals surface area (Å²) in [6.07, 6.45) is 5.21. The largest absolute Gasteiger partial charge is 0.381 e. The zero-order valence-electron chi connectivity index (χ0n) is 11.3. The molecule has 3 rings (SSSR count). The molecule has 0 bridgehead atoms. The highest BCUT2D eigenvalue weighted by Crippen LogP contribution is 2.34. The van der Waals surface area contributed by atoms with Crippen molar-refractivity contribution in [2.75, 3.05) is 51.7 Å². The molecule has 0 aromatic heterocycles. The van der Waals surface area contributed by atoms with E-state index >= 15 is 0 Å². The lowest BCUT2D eigenvalue weighted by atomic mass is 9.81. The van der Waals surface area contributed by atoms with Gasteiger partial charge in [0.2, 0.25) is 0 Å². The first-order chi connectivity index (χ1) is 8.81. The summed E-state index contributed by atoms with van der Waals surface area (Å²) in [4.78, 5) is 5.39. The predicted molar refractivity (Wildman–Crippen MR) is 77.4 cm³/mol. The molecule has 0 N–H and O–H groups in total. The molecule has 1 atom stereocenters. The Morgan fingerprint density at radius 1 is 1.17 bits per heavy atom. The van der Waals surface area contributed by atoms with Crippen LogP contribution in [0.15, 0.2) is 0 Å². The second-order valence-corrected chi connectivity index (χ2v) is 6.65. The van der Waals surface area contributed by atoms with E-state index in [2.05, 4.69) is 22.4 Å². The highest BCUT2D eigenvalue weighted by atomic mass is 32.1. The third-order valence-corrected chi connectivity index (χ3v) is 5.79. The van der Waals surface area contributed by atoms with Gasteiger partial charge in [-0.15, -0.1) is 0 Å². The molecule has 0 aromatic carbocycles. The van der Waals surface area contributed by atoms with Crippen LogP contribution in [0.1, 0.15) is 25.7 Å². The number of nitrogens with zero attached hydrogens (tertiary/aromatic N) is 2. The molecule has 3 aliphatic heterocycles. The third-order valence-electron chi connectivity index (χ3n) is 5.12. The Balaban J connectivity index is 1.58. The van der Waals surface area contributed by atoms with Gasteiger partial charge in [-0.1, -0.05) is 0 Å². The van der Waals surface area contributed by atoms with Crippen LogP contribution < -0.4 is 0 Å². The molecule has 3 saturated heterocycles. The van der Waals surface area contributed by atoms with Crippen LogP contribution in [0.2, 0.25) is 0 Å². The normalized spacial score (nSPS) is 33.5. The van der Waals surface area contributed by atoms with E-state index in [1.807, 2.05) is 0 Å². The monoisotopic (exact) mass is 270 g/mol. The Hall–Kier alpha value is 0.230. The van der Waals surface area contributed by atoms with Crippen molar-refractivity contribution < 1.29 is 4.74 Å². The molecule has 18 heavy (non-hydrogen) atoms. The quantitative estimate of drug-likeness (QED) is 0.783. The van der Waals surface area contributed by atoms with E-state index in [-0.39, 0.29) is 0 Å². The highest BCUT2D eigenvalue weighted by molar-refractivity contribution is 7.80. The number of fused-ring (bicyclic) bond motifs is 1. The van der Waals surface area contributed by atoms with Crippen LogP contribution in [-0.4, -0.2) is 67.5 Å². The topological polar surface area (TPSA) is 15.7 Å². The minimum atomic E-state index is 0.419. The van der Waals surface area contributed by atoms with Crippen molar-refractivity contribution in [3.63, 3.8) is 0 Å². The summed E-state index contributed by atoms with van der Waals surface area (Å²) < 4.78 is 5.52. The summed E-state index contributed by atoms with van der Waals surface area (Å²) in [6, 6.07) is 0.843. The summed E-state index contributed by atoms with van der Waals surface area (Å²) >= 11 is 4.63. The number of ether oxygens (including phenoxy) is 1. The molecule has 3 aliphatic rings. The molecule has 0 saturated carbocycles. The molecule has 0 aliphatic carbocycles. The Morgan fingerprint density at radius 3 is 2.78 bits per heavy atom. The van der Waals surface area contributed by atoms with Crippen molar-refractivity contribution in [1.29, 1.82) is 0 Å². The van der Waals surface area contributed by atoms with E-state index in [1.165, 1.54) is 58.4 Å². The van der Waals surface area contributed by atoms with Gasteiger partial charge in [0.15, 0.2) is 0 Å². The fraction of sp³-hybridized carbons (Fsp3) is 1.00. The molecule has 0 amide bonds. The highest BCUT2D eigenvalue weighted by Gasteiger charge is 2.37. The molecule has 1 unspecified atom stereocenters. The molecule has 3 nitrogen and oxygen atoms in total. The first kappa shape index (κ1) is 13.2. The lowest BCUT2D eigenvalue weighted by Crippen LogP contribution is -2.53. The van der Waals surface area contributed by atoms with Crippen LogP contribution in [-0.2, 0) is 4.74 Å². The fourth-order valence-electron chi connectivity index (χ4n) is 3.84. The number of hydrogen-bond donors (Lipinski definition) is 1. The second-order valence-electron chi connectivity index (χ2n) is 6.34. The minimum Gasteiger partial charge on any atom is -0.381 e. The smallest absolute Gasteiger partial charge is 0.0472 e. The van der Waals surface area contributed by atoms with E-state index in [4.69, 9.17) is 4.74 Å². The Labute approximate surface area is 116 Å². The average molecular weight is 270 g/mol. The second kappa shape index (κ2) is 5.70. The van der Waals surface area contributed by atoms with Crippen LogP contribution in [0.5, 0.6) is 0 Å². The summed E-state index contributed by atoms with van der Waals surface area (Å²) in [6.45, 7) is 8.27. The molecule has 0 spiro atoms. The Kier molecular flexibility index (Phi) is 4.18. The van der Waals surface area contributed by atoms with Crippen molar-refractivity contribution in [2.45, 2.75) is 31.7 Å². The summed E-state index contributed by atoms with van der Waals surface area (Å²) in [5.74, 6) is 1.02. The van der Waals surface area contributed by atoms with E-state index in [1.54, 1.807) is 0 Å². The van der Waals surface area contributed by atoms with Crippen molar-refractivity contribution in [3.05, 3.63) is 0 Å². The van der Waals surface area contributed by atoms with Gasteiger partial charge in [0.05, 0.1) is 0 Å². The number of piperazine rings is 1. The zero-order chi connectivity index (χ0) is 12.4. The molecule has 3 fully saturated rings. The van der Waals surface area contributed by atoms with E-state index in [0.717, 1.165) is 25.0 Å². The predicted octanol–water partition coefficient (Wildman–Crippen LogP) is 1.49.